The van der Waals surface area contributed by atoms with Gasteiger partial charge in [-0.25, -0.2) is 0 Å². The molecule has 0 radical (unpaired) electrons. The Morgan fingerprint density at radius 2 is 1.36 bits per heavy atom. The van der Waals surface area contributed by atoms with Crippen molar-refractivity contribution in [1.82, 2.24) is 15.1 Å². The van der Waals surface area contributed by atoms with Crippen LogP contribution in [0.15, 0.2) is 0 Å². The van der Waals surface area contributed by atoms with Gasteiger partial charge in [0.2, 0.25) is 5.91 Å². The zero-order valence-corrected chi connectivity index (χ0v) is 14.2. The highest BCUT2D eigenvalue weighted by Gasteiger charge is 2.19. The molecule has 0 fully saturated rings. The van der Waals surface area contributed by atoms with Crippen molar-refractivity contribution in [3.05, 3.63) is 0 Å². The van der Waals surface area contributed by atoms with Gasteiger partial charge in [0.1, 0.15) is 5.78 Å². The first-order valence-electron chi connectivity index (χ1n) is 7.35. The number of carbonyl (C=O) groups excluding carboxylic acids is 3. The summed E-state index contributed by atoms with van der Waals surface area (Å²) in [6.45, 7) is -0.240. The Balaban J connectivity index is 4.71. The van der Waals surface area contributed by atoms with Gasteiger partial charge in [-0.2, -0.15) is 0 Å². The maximum atomic E-state index is 11.7. The SMILES string of the molecule is COC(=O)CN(CCN(CC(=O)O)CC(=O)NCC(C)=O)CC(=O)O. The summed E-state index contributed by atoms with van der Waals surface area (Å²) in [6, 6.07) is 0. The van der Waals surface area contributed by atoms with E-state index in [1.807, 2.05) is 0 Å². The number of carbonyl (C=O) groups is 5. The number of carboxylic acid groups (broad SMARTS) is 2. The zero-order valence-electron chi connectivity index (χ0n) is 14.2. The first-order valence-corrected chi connectivity index (χ1v) is 7.35. The zero-order chi connectivity index (χ0) is 19.4. The van der Waals surface area contributed by atoms with E-state index in [1.54, 1.807) is 0 Å². The van der Waals surface area contributed by atoms with E-state index in [0.29, 0.717) is 0 Å². The molecule has 0 aromatic heterocycles. The maximum absolute atomic E-state index is 11.7. The van der Waals surface area contributed by atoms with Gasteiger partial charge >= 0.3 is 17.9 Å². The number of methoxy groups -OCH3 is 1. The Morgan fingerprint density at radius 3 is 1.76 bits per heavy atom. The van der Waals surface area contributed by atoms with Crippen LogP contribution in [0.5, 0.6) is 0 Å². The highest BCUT2D eigenvalue weighted by atomic mass is 16.5. The van der Waals surface area contributed by atoms with Gasteiger partial charge in [0.25, 0.3) is 0 Å². The minimum Gasteiger partial charge on any atom is -0.480 e. The molecule has 0 bridgehead atoms. The molecular weight excluding hydrogens is 338 g/mol. The number of hydrogen-bond acceptors (Lipinski definition) is 8. The molecule has 11 nitrogen and oxygen atoms in total. The van der Waals surface area contributed by atoms with Gasteiger partial charge in [0, 0.05) is 13.1 Å². The van der Waals surface area contributed by atoms with Gasteiger partial charge in [-0.15, -0.1) is 0 Å². The van der Waals surface area contributed by atoms with Gasteiger partial charge in [0.15, 0.2) is 0 Å². The number of nitrogens with zero attached hydrogens (tertiary/aromatic N) is 2. The summed E-state index contributed by atoms with van der Waals surface area (Å²) in [5, 5.41) is 20.1. The summed E-state index contributed by atoms with van der Waals surface area (Å²) in [7, 11) is 1.16. The molecular formula is C14H23N3O8. The molecule has 142 valence electrons. The standard InChI is InChI=1S/C14H23N3O8/c1-10(18)5-15-11(19)6-16(7-12(20)21)3-4-17(8-13(22)23)9-14(24)25-2/h3-9H2,1-2H3,(H,15,19)(H,20,21)(H,22,23). The highest BCUT2D eigenvalue weighted by molar-refractivity contribution is 5.85. The summed E-state index contributed by atoms with van der Waals surface area (Å²) in [5.41, 5.74) is 0. The number of amides is 1. The summed E-state index contributed by atoms with van der Waals surface area (Å²) in [6.07, 6.45) is 0. The fraction of sp³-hybridized carbons (Fsp3) is 0.643. The Labute approximate surface area is 144 Å². The van der Waals surface area contributed by atoms with E-state index in [9.17, 15) is 24.0 Å². The van der Waals surface area contributed by atoms with Crippen molar-refractivity contribution in [2.24, 2.45) is 0 Å². The van der Waals surface area contributed by atoms with Crippen molar-refractivity contribution in [1.29, 1.82) is 0 Å². The van der Waals surface area contributed by atoms with Crippen molar-refractivity contribution in [3.8, 4) is 0 Å². The number of nitrogens with one attached hydrogen (secondary N) is 1. The number of carboxylic acids is 2. The van der Waals surface area contributed by atoms with Crippen LogP contribution in [0.25, 0.3) is 0 Å². The monoisotopic (exact) mass is 361 g/mol. The smallest absolute Gasteiger partial charge is 0.319 e. The van der Waals surface area contributed by atoms with Gasteiger partial charge in [-0.1, -0.05) is 0 Å². The third kappa shape index (κ3) is 12.5. The van der Waals surface area contributed by atoms with Crippen LogP contribution in [0, 0.1) is 0 Å². The lowest BCUT2D eigenvalue weighted by molar-refractivity contribution is -0.145. The lowest BCUT2D eigenvalue weighted by Crippen LogP contribution is -2.45. The Kier molecular flexibility index (Phi) is 10.7. The first-order chi connectivity index (χ1) is 11.6. The number of hydrogen-bond donors (Lipinski definition) is 3. The second-order valence-corrected chi connectivity index (χ2v) is 5.26. The van der Waals surface area contributed by atoms with Gasteiger partial charge in [-0.05, 0) is 6.92 Å². The molecule has 0 unspecified atom stereocenters. The van der Waals surface area contributed by atoms with E-state index in [-0.39, 0.29) is 38.5 Å². The Hall–Kier alpha value is -2.53. The molecule has 0 heterocycles. The predicted octanol–water partition coefficient (Wildman–Crippen LogP) is -2.36. The van der Waals surface area contributed by atoms with Crippen LogP contribution < -0.4 is 5.32 Å². The van der Waals surface area contributed by atoms with Crippen LogP contribution in [0.4, 0.5) is 0 Å². The van der Waals surface area contributed by atoms with Crippen molar-refractivity contribution < 1.29 is 38.9 Å². The number of rotatable bonds is 13. The summed E-state index contributed by atoms with van der Waals surface area (Å²) < 4.78 is 4.48. The van der Waals surface area contributed by atoms with E-state index in [1.165, 1.54) is 16.7 Å². The first kappa shape index (κ1) is 22.5. The third-order valence-electron chi connectivity index (χ3n) is 2.93. The molecule has 0 saturated heterocycles. The molecule has 3 N–H and O–H groups in total. The lowest BCUT2D eigenvalue weighted by Gasteiger charge is -2.24. The molecule has 25 heavy (non-hydrogen) atoms. The minimum atomic E-state index is -1.17. The molecule has 0 aromatic rings. The average molecular weight is 361 g/mol. The summed E-state index contributed by atoms with van der Waals surface area (Å²) in [5.74, 6) is -3.74. The number of aliphatic carboxylic acids is 2. The number of esters is 1. The lowest BCUT2D eigenvalue weighted by atomic mass is 10.3. The van der Waals surface area contributed by atoms with E-state index in [0.717, 1.165) is 7.11 Å². The van der Waals surface area contributed by atoms with E-state index in [4.69, 9.17) is 10.2 Å². The highest BCUT2D eigenvalue weighted by Crippen LogP contribution is 1.95. The molecule has 0 rings (SSSR count). The Morgan fingerprint density at radius 1 is 0.880 bits per heavy atom. The molecule has 0 atom stereocenters. The molecule has 11 heteroatoms. The van der Waals surface area contributed by atoms with Crippen LogP contribution in [0.1, 0.15) is 6.92 Å². The van der Waals surface area contributed by atoms with Gasteiger partial charge < -0.3 is 20.3 Å². The largest absolute Gasteiger partial charge is 0.480 e. The summed E-state index contributed by atoms with van der Waals surface area (Å²) in [4.78, 5) is 58.1. The van der Waals surface area contributed by atoms with Crippen molar-refractivity contribution in [2.45, 2.75) is 6.92 Å². The Bertz CT molecular complexity index is 508. The number of Topliss-reactive ketones (excluding diaryl/α,β-unsaturated/α-hetero) is 1. The molecule has 0 aliphatic rings. The fourth-order valence-electron chi connectivity index (χ4n) is 1.82. The van der Waals surface area contributed by atoms with Crippen LogP contribution in [-0.4, -0.2) is 103 Å². The number of ether oxygens (including phenoxy) is 1. The topological polar surface area (TPSA) is 154 Å². The second-order valence-electron chi connectivity index (χ2n) is 5.26. The van der Waals surface area contributed by atoms with Gasteiger partial charge in [-0.3, -0.25) is 33.8 Å². The van der Waals surface area contributed by atoms with Crippen molar-refractivity contribution in [2.75, 3.05) is 52.9 Å². The van der Waals surface area contributed by atoms with Crippen LogP contribution in [0.3, 0.4) is 0 Å². The normalized spacial score (nSPS) is 10.6. The van der Waals surface area contributed by atoms with Crippen LogP contribution in [0.2, 0.25) is 0 Å². The van der Waals surface area contributed by atoms with E-state index < -0.39 is 36.9 Å². The molecule has 0 aliphatic carbocycles. The van der Waals surface area contributed by atoms with Gasteiger partial charge in [0.05, 0.1) is 39.8 Å². The van der Waals surface area contributed by atoms with E-state index >= 15 is 0 Å². The van der Waals surface area contributed by atoms with Crippen LogP contribution >= 0.6 is 0 Å². The predicted molar refractivity (Wildman–Crippen MR) is 83.9 cm³/mol. The molecule has 0 aromatic carbocycles. The molecule has 0 aliphatic heterocycles. The number of ketones is 1. The van der Waals surface area contributed by atoms with Crippen LogP contribution in [-0.2, 0) is 28.7 Å². The molecule has 0 spiro atoms. The average Bonchev–Trinajstić information content (AvgIpc) is 2.49. The third-order valence-corrected chi connectivity index (χ3v) is 2.93. The minimum absolute atomic E-state index is 0.0318. The quantitative estimate of drug-likeness (QED) is 0.303. The molecule has 1 amide bonds. The van der Waals surface area contributed by atoms with Crippen molar-refractivity contribution in [3.63, 3.8) is 0 Å². The van der Waals surface area contributed by atoms with E-state index in [2.05, 4.69) is 10.1 Å². The fourth-order valence-corrected chi connectivity index (χ4v) is 1.82. The maximum Gasteiger partial charge on any atom is 0.319 e. The molecule has 0 saturated carbocycles. The summed E-state index contributed by atoms with van der Waals surface area (Å²) >= 11 is 0. The second kappa shape index (κ2) is 11.9. The van der Waals surface area contributed by atoms with Crippen molar-refractivity contribution >= 4 is 29.6 Å².